The van der Waals surface area contributed by atoms with E-state index in [1.54, 1.807) is 6.92 Å². The summed E-state index contributed by atoms with van der Waals surface area (Å²) in [6.07, 6.45) is 0. The zero-order valence-electron chi connectivity index (χ0n) is 13.4. The molecule has 0 bridgehead atoms. The number of aryl methyl sites for hydroxylation is 1. The smallest absolute Gasteiger partial charge is 0.281 e. The number of nitrogens with zero attached hydrogens (tertiary/aromatic N) is 4. The summed E-state index contributed by atoms with van der Waals surface area (Å²) in [5, 5.41) is 3.85. The van der Waals surface area contributed by atoms with Crippen molar-refractivity contribution in [1.82, 2.24) is 18.8 Å². The third kappa shape index (κ3) is 3.01. The zero-order chi connectivity index (χ0) is 16.6. The Morgan fingerprint density at radius 1 is 1.17 bits per heavy atom. The van der Waals surface area contributed by atoms with Crippen LogP contribution in [0.15, 0.2) is 34.9 Å². The molecule has 2 heterocycles. The molecule has 2 atom stereocenters. The maximum Gasteiger partial charge on any atom is 0.281 e. The largest absolute Gasteiger partial charge is 0.339 e. The first-order valence-corrected chi connectivity index (χ1v) is 8.82. The van der Waals surface area contributed by atoms with E-state index in [0.29, 0.717) is 24.8 Å². The zero-order valence-corrected chi connectivity index (χ0v) is 14.2. The Labute approximate surface area is 136 Å². The lowest BCUT2D eigenvalue weighted by atomic mass is 9.89. The monoisotopic (exact) mass is 336 g/mol. The van der Waals surface area contributed by atoms with Crippen LogP contribution in [0.3, 0.4) is 0 Å². The fourth-order valence-corrected chi connectivity index (χ4v) is 4.10. The van der Waals surface area contributed by atoms with Gasteiger partial charge < -0.3 is 4.52 Å². The molecule has 23 heavy (non-hydrogen) atoms. The van der Waals surface area contributed by atoms with Crippen molar-refractivity contribution < 1.29 is 12.9 Å². The molecule has 0 N–H and O–H groups in total. The Kier molecular flexibility index (Phi) is 4.22. The van der Waals surface area contributed by atoms with Crippen molar-refractivity contribution in [3.8, 4) is 0 Å². The van der Waals surface area contributed by atoms with Gasteiger partial charge >= 0.3 is 0 Å². The van der Waals surface area contributed by atoms with Crippen molar-refractivity contribution in [2.75, 3.05) is 27.2 Å². The van der Waals surface area contributed by atoms with Crippen LogP contribution in [0.2, 0.25) is 0 Å². The molecular formula is C15H20N4O3S. The van der Waals surface area contributed by atoms with Crippen LogP contribution in [0.4, 0.5) is 0 Å². The second kappa shape index (κ2) is 6.03. The Bertz CT molecular complexity index is 773. The van der Waals surface area contributed by atoms with Gasteiger partial charge in [-0.3, -0.25) is 0 Å². The van der Waals surface area contributed by atoms with Gasteiger partial charge in [0.25, 0.3) is 10.2 Å². The molecule has 0 aliphatic carbocycles. The van der Waals surface area contributed by atoms with Gasteiger partial charge in [-0.05, 0) is 12.5 Å². The predicted molar refractivity (Wildman–Crippen MR) is 85.1 cm³/mol. The lowest BCUT2D eigenvalue weighted by Crippen LogP contribution is -2.38. The van der Waals surface area contributed by atoms with E-state index in [9.17, 15) is 8.42 Å². The second-order valence-electron chi connectivity index (χ2n) is 5.91. The van der Waals surface area contributed by atoms with Gasteiger partial charge in [-0.25, -0.2) is 0 Å². The molecule has 0 saturated carbocycles. The van der Waals surface area contributed by atoms with Crippen LogP contribution in [0.25, 0.3) is 0 Å². The highest BCUT2D eigenvalue weighted by Crippen LogP contribution is 2.40. The normalized spacial score (nSPS) is 22.8. The van der Waals surface area contributed by atoms with Crippen molar-refractivity contribution in [1.29, 1.82) is 0 Å². The quantitative estimate of drug-likeness (QED) is 0.842. The Morgan fingerprint density at radius 2 is 1.83 bits per heavy atom. The van der Waals surface area contributed by atoms with E-state index in [0.717, 1.165) is 5.56 Å². The first-order chi connectivity index (χ1) is 10.9. The molecule has 0 amide bonds. The molecule has 1 fully saturated rings. The minimum atomic E-state index is -3.47. The summed E-state index contributed by atoms with van der Waals surface area (Å²) in [7, 11) is -0.397. The van der Waals surface area contributed by atoms with Crippen LogP contribution >= 0.6 is 0 Å². The summed E-state index contributed by atoms with van der Waals surface area (Å²) in [5.74, 6) is 0.896. The Balaban J connectivity index is 1.98. The van der Waals surface area contributed by atoms with Crippen LogP contribution in [-0.4, -0.2) is 54.4 Å². The molecule has 2 aromatic rings. The van der Waals surface area contributed by atoms with E-state index in [-0.39, 0.29) is 11.8 Å². The van der Waals surface area contributed by atoms with Crippen LogP contribution in [0, 0.1) is 6.92 Å². The average Bonchev–Trinajstić information content (AvgIpc) is 3.14. The highest BCUT2D eigenvalue weighted by molar-refractivity contribution is 7.86. The third-order valence-corrected chi connectivity index (χ3v) is 6.04. The molecule has 1 aliphatic rings. The summed E-state index contributed by atoms with van der Waals surface area (Å²) in [6, 6.07) is 9.86. The average molecular weight is 336 g/mol. The number of benzene rings is 1. The van der Waals surface area contributed by atoms with Crippen LogP contribution in [0.5, 0.6) is 0 Å². The van der Waals surface area contributed by atoms with Gasteiger partial charge in [0.1, 0.15) is 0 Å². The molecule has 1 aromatic heterocycles. The summed E-state index contributed by atoms with van der Waals surface area (Å²) >= 11 is 0. The highest BCUT2D eigenvalue weighted by Gasteiger charge is 2.43. The molecule has 0 spiro atoms. The lowest BCUT2D eigenvalue weighted by Gasteiger charge is -2.20. The molecule has 8 heteroatoms. The number of hydrogen-bond acceptors (Lipinski definition) is 5. The van der Waals surface area contributed by atoms with Crippen molar-refractivity contribution in [3.05, 3.63) is 47.6 Å². The van der Waals surface area contributed by atoms with Crippen molar-refractivity contribution in [2.24, 2.45) is 0 Å². The fourth-order valence-electron chi connectivity index (χ4n) is 2.94. The van der Waals surface area contributed by atoms with Gasteiger partial charge in [-0.1, -0.05) is 35.5 Å². The summed E-state index contributed by atoms with van der Waals surface area (Å²) < 4.78 is 33.0. The lowest BCUT2D eigenvalue weighted by molar-refractivity contribution is 0.344. The number of aromatic nitrogens is 2. The summed E-state index contributed by atoms with van der Waals surface area (Å²) in [5.41, 5.74) is 1.07. The molecule has 1 aromatic carbocycles. The van der Waals surface area contributed by atoms with Crippen molar-refractivity contribution in [3.63, 3.8) is 0 Å². The van der Waals surface area contributed by atoms with Gasteiger partial charge in [0, 0.05) is 33.1 Å². The third-order valence-electron chi connectivity index (χ3n) is 4.16. The number of rotatable bonds is 4. The van der Waals surface area contributed by atoms with Crippen LogP contribution in [0.1, 0.15) is 29.1 Å². The maximum absolute atomic E-state index is 12.5. The maximum atomic E-state index is 12.5. The number of hydrogen-bond donors (Lipinski definition) is 0. The molecule has 3 rings (SSSR count). The van der Waals surface area contributed by atoms with E-state index in [1.165, 1.54) is 22.7 Å². The van der Waals surface area contributed by atoms with Crippen molar-refractivity contribution in [2.45, 2.75) is 18.8 Å². The topological polar surface area (TPSA) is 79.5 Å². The van der Waals surface area contributed by atoms with Crippen molar-refractivity contribution >= 4 is 10.2 Å². The van der Waals surface area contributed by atoms with E-state index in [4.69, 9.17) is 4.52 Å². The molecule has 0 unspecified atom stereocenters. The minimum Gasteiger partial charge on any atom is -0.339 e. The Morgan fingerprint density at radius 3 is 2.39 bits per heavy atom. The first-order valence-electron chi connectivity index (χ1n) is 7.42. The fraction of sp³-hybridized carbons (Fsp3) is 0.467. The van der Waals surface area contributed by atoms with E-state index in [2.05, 4.69) is 10.1 Å². The first kappa shape index (κ1) is 16.1. The summed E-state index contributed by atoms with van der Waals surface area (Å²) in [6.45, 7) is 2.49. The Hall–Kier alpha value is -1.77. The predicted octanol–water partition coefficient (Wildman–Crippen LogP) is 1.37. The molecule has 1 saturated heterocycles. The van der Waals surface area contributed by atoms with Gasteiger partial charge in [0.2, 0.25) is 5.89 Å². The van der Waals surface area contributed by atoms with Gasteiger partial charge in [-0.15, -0.1) is 0 Å². The van der Waals surface area contributed by atoms with E-state index < -0.39 is 10.2 Å². The van der Waals surface area contributed by atoms with Crippen LogP contribution < -0.4 is 0 Å². The second-order valence-corrected chi connectivity index (χ2v) is 8.05. The van der Waals surface area contributed by atoms with Gasteiger partial charge in [-0.2, -0.15) is 22.0 Å². The van der Waals surface area contributed by atoms with E-state index in [1.807, 2.05) is 30.3 Å². The van der Waals surface area contributed by atoms with Gasteiger partial charge in [0.15, 0.2) is 5.82 Å². The summed E-state index contributed by atoms with van der Waals surface area (Å²) in [4.78, 5) is 4.32. The van der Waals surface area contributed by atoms with Gasteiger partial charge in [0.05, 0.1) is 5.92 Å². The van der Waals surface area contributed by atoms with Crippen LogP contribution in [-0.2, 0) is 10.2 Å². The molecule has 1 aliphatic heterocycles. The molecule has 124 valence electrons. The van der Waals surface area contributed by atoms with E-state index >= 15 is 0 Å². The standard InChI is InChI=1S/C15H20N4O3S/c1-11-16-15(22-17-11)14-10-19(23(20,21)18(2)3)9-13(14)12-7-5-4-6-8-12/h4-8,13-14H,9-10H2,1-3H3/t13-,14+/m0/s1. The molecule has 7 nitrogen and oxygen atoms in total. The highest BCUT2D eigenvalue weighted by atomic mass is 32.2. The molecular weight excluding hydrogens is 316 g/mol. The minimum absolute atomic E-state index is 0.00854. The SMILES string of the molecule is Cc1noc([C@@H]2CN(S(=O)(=O)N(C)C)C[C@H]2c2ccccc2)n1. The molecule has 0 radical (unpaired) electrons.